The highest BCUT2D eigenvalue weighted by Gasteiger charge is 2.40. The van der Waals surface area contributed by atoms with E-state index in [1.54, 1.807) is 0 Å². The third-order valence-corrected chi connectivity index (χ3v) is 5.45. The van der Waals surface area contributed by atoms with Gasteiger partial charge in [0, 0.05) is 6.54 Å². The van der Waals surface area contributed by atoms with Crippen LogP contribution in [0.4, 0.5) is 0 Å². The second kappa shape index (κ2) is 11.1. The van der Waals surface area contributed by atoms with Crippen molar-refractivity contribution in [2.24, 2.45) is 11.8 Å². The molecule has 4 atom stereocenters. The van der Waals surface area contributed by atoms with Gasteiger partial charge in [-0.25, -0.2) is 0 Å². The molecule has 2 N–H and O–H groups in total. The van der Waals surface area contributed by atoms with Gasteiger partial charge in [0.25, 0.3) is 5.91 Å². The molecule has 1 saturated heterocycles. The SMILES string of the molecule is C=CCNC(=O)C(=O)C(CCCC)NC(=O)C1C(C(C)CC)CCN1C. The first kappa shape index (κ1) is 22.4. The Labute approximate surface area is 157 Å². The summed E-state index contributed by atoms with van der Waals surface area (Å²) in [5.41, 5.74) is 0. The van der Waals surface area contributed by atoms with Crippen LogP contribution in [-0.2, 0) is 14.4 Å². The molecule has 0 aromatic rings. The van der Waals surface area contributed by atoms with Gasteiger partial charge in [0.05, 0.1) is 12.1 Å². The maximum atomic E-state index is 12.9. The Balaban J connectivity index is 2.85. The Kier molecular flexibility index (Phi) is 9.55. The maximum Gasteiger partial charge on any atom is 0.289 e. The molecule has 1 fully saturated rings. The number of likely N-dealkylation sites (tertiary alicyclic amines) is 1. The molecular formula is C20H35N3O3. The van der Waals surface area contributed by atoms with Crippen LogP contribution in [0, 0.1) is 11.8 Å². The van der Waals surface area contributed by atoms with Crippen molar-refractivity contribution in [2.75, 3.05) is 20.1 Å². The summed E-state index contributed by atoms with van der Waals surface area (Å²) >= 11 is 0. The Morgan fingerprint density at radius 2 is 2.00 bits per heavy atom. The molecular weight excluding hydrogens is 330 g/mol. The second-order valence-electron chi connectivity index (χ2n) is 7.33. The smallest absolute Gasteiger partial charge is 0.289 e. The molecule has 1 rings (SSSR count). The minimum Gasteiger partial charge on any atom is -0.346 e. The fourth-order valence-electron chi connectivity index (χ4n) is 3.61. The maximum absolute atomic E-state index is 12.9. The Morgan fingerprint density at radius 3 is 2.58 bits per heavy atom. The predicted octanol–water partition coefficient (Wildman–Crippen LogP) is 1.90. The average Bonchev–Trinajstić information content (AvgIpc) is 3.03. The highest BCUT2D eigenvalue weighted by molar-refractivity contribution is 6.38. The van der Waals surface area contributed by atoms with Gasteiger partial charge >= 0.3 is 0 Å². The molecule has 6 nitrogen and oxygen atoms in total. The lowest BCUT2D eigenvalue weighted by Gasteiger charge is -2.29. The average molecular weight is 366 g/mol. The van der Waals surface area contributed by atoms with E-state index in [1.165, 1.54) is 6.08 Å². The van der Waals surface area contributed by atoms with E-state index in [0.29, 0.717) is 12.3 Å². The second-order valence-corrected chi connectivity index (χ2v) is 7.33. The van der Waals surface area contributed by atoms with Crippen LogP contribution in [0.2, 0.25) is 0 Å². The number of hydrogen-bond donors (Lipinski definition) is 2. The molecule has 0 aliphatic carbocycles. The predicted molar refractivity (Wildman–Crippen MR) is 104 cm³/mol. The minimum atomic E-state index is -0.765. The normalized spacial score (nSPS) is 22.5. The zero-order chi connectivity index (χ0) is 19.7. The number of amides is 2. The van der Waals surface area contributed by atoms with Gasteiger partial charge in [0.2, 0.25) is 11.7 Å². The largest absolute Gasteiger partial charge is 0.346 e. The number of nitrogens with one attached hydrogen (secondary N) is 2. The molecule has 1 heterocycles. The monoisotopic (exact) mass is 365 g/mol. The summed E-state index contributed by atoms with van der Waals surface area (Å²) < 4.78 is 0. The van der Waals surface area contributed by atoms with E-state index in [9.17, 15) is 14.4 Å². The van der Waals surface area contributed by atoms with Crippen LogP contribution in [0.15, 0.2) is 12.7 Å². The van der Waals surface area contributed by atoms with Crippen LogP contribution in [0.1, 0.15) is 52.9 Å². The zero-order valence-corrected chi connectivity index (χ0v) is 16.7. The number of unbranched alkanes of at least 4 members (excludes halogenated alkanes) is 1. The molecule has 0 aromatic heterocycles. The lowest BCUT2D eigenvalue weighted by Crippen LogP contribution is -2.53. The van der Waals surface area contributed by atoms with E-state index < -0.39 is 17.7 Å². The number of ketones is 1. The van der Waals surface area contributed by atoms with E-state index >= 15 is 0 Å². The van der Waals surface area contributed by atoms with Gasteiger partial charge < -0.3 is 10.6 Å². The minimum absolute atomic E-state index is 0.138. The Morgan fingerprint density at radius 1 is 1.31 bits per heavy atom. The topological polar surface area (TPSA) is 78.5 Å². The van der Waals surface area contributed by atoms with Crippen LogP contribution in [-0.4, -0.2) is 54.7 Å². The van der Waals surface area contributed by atoms with Crippen molar-refractivity contribution >= 4 is 17.6 Å². The summed E-state index contributed by atoms with van der Waals surface area (Å²) in [5, 5.41) is 5.38. The molecule has 0 aromatic carbocycles. The van der Waals surface area contributed by atoms with Crippen molar-refractivity contribution < 1.29 is 14.4 Å². The van der Waals surface area contributed by atoms with Crippen LogP contribution in [0.3, 0.4) is 0 Å². The van der Waals surface area contributed by atoms with Gasteiger partial charge in [-0.2, -0.15) is 0 Å². The van der Waals surface area contributed by atoms with Gasteiger partial charge in [-0.3, -0.25) is 19.3 Å². The van der Waals surface area contributed by atoms with E-state index in [2.05, 4.69) is 36.0 Å². The van der Waals surface area contributed by atoms with Gasteiger partial charge in [-0.15, -0.1) is 6.58 Å². The van der Waals surface area contributed by atoms with E-state index in [4.69, 9.17) is 0 Å². The number of carbonyl (C=O) groups is 3. The molecule has 0 radical (unpaired) electrons. The summed E-state index contributed by atoms with van der Waals surface area (Å²) in [6.45, 7) is 11.0. The van der Waals surface area contributed by atoms with Crippen LogP contribution < -0.4 is 10.6 Å². The summed E-state index contributed by atoms with van der Waals surface area (Å²) in [5.74, 6) is -0.655. The standard InChI is InChI=1S/C20H35N3O3/c1-6-9-10-16(18(24)20(26)21-12-7-2)22-19(25)17-15(14(4)8-3)11-13-23(17)5/h7,14-17H,2,6,8-13H2,1,3-5H3,(H,21,26)(H,22,25). The van der Waals surface area contributed by atoms with E-state index in [0.717, 1.165) is 32.2 Å². The molecule has 1 aliphatic heterocycles. The molecule has 26 heavy (non-hydrogen) atoms. The van der Waals surface area contributed by atoms with Crippen LogP contribution >= 0.6 is 0 Å². The van der Waals surface area contributed by atoms with Crippen molar-refractivity contribution in [1.82, 2.24) is 15.5 Å². The summed E-state index contributed by atoms with van der Waals surface area (Å²) in [6.07, 6.45) is 5.68. The number of likely N-dealkylation sites (N-methyl/N-ethyl adjacent to an activating group) is 1. The van der Waals surface area contributed by atoms with Gasteiger partial charge in [0.1, 0.15) is 0 Å². The third kappa shape index (κ3) is 5.94. The number of Topliss-reactive ketones (excluding diaryl/α,β-unsaturated/α-hetero) is 1. The molecule has 6 heteroatoms. The number of rotatable bonds is 11. The summed E-state index contributed by atoms with van der Waals surface area (Å²) in [7, 11) is 1.95. The van der Waals surface area contributed by atoms with Crippen molar-refractivity contribution in [3.05, 3.63) is 12.7 Å². The first-order valence-corrected chi connectivity index (χ1v) is 9.80. The molecule has 148 valence electrons. The highest BCUT2D eigenvalue weighted by atomic mass is 16.2. The fourth-order valence-corrected chi connectivity index (χ4v) is 3.61. The lowest BCUT2D eigenvalue weighted by molar-refractivity contribution is -0.140. The number of nitrogens with zero attached hydrogens (tertiary/aromatic N) is 1. The summed E-state index contributed by atoms with van der Waals surface area (Å²) in [6, 6.07) is -1.00. The molecule has 2 amide bonds. The highest BCUT2D eigenvalue weighted by Crippen LogP contribution is 2.31. The van der Waals surface area contributed by atoms with Crippen molar-refractivity contribution in [2.45, 2.75) is 65.0 Å². The zero-order valence-electron chi connectivity index (χ0n) is 16.7. The van der Waals surface area contributed by atoms with Gasteiger partial charge in [0.15, 0.2) is 0 Å². The first-order valence-electron chi connectivity index (χ1n) is 9.80. The Bertz CT molecular complexity index is 507. The van der Waals surface area contributed by atoms with E-state index in [1.807, 2.05) is 14.0 Å². The number of carbonyl (C=O) groups excluding carboxylic acids is 3. The quantitative estimate of drug-likeness (QED) is 0.433. The molecule has 0 saturated carbocycles. The Hall–Kier alpha value is -1.69. The van der Waals surface area contributed by atoms with Crippen molar-refractivity contribution in [3.8, 4) is 0 Å². The third-order valence-electron chi connectivity index (χ3n) is 5.45. The van der Waals surface area contributed by atoms with Gasteiger partial charge in [-0.05, 0) is 38.3 Å². The number of hydrogen-bond acceptors (Lipinski definition) is 4. The molecule has 4 unspecified atom stereocenters. The molecule has 1 aliphatic rings. The van der Waals surface area contributed by atoms with Crippen molar-refractivity contribution in [3.63, 3.8) is 0 Å². The van der Waals surface area contributed by atoms with Gasteiger partial charge in [-0.1, -0.05) is 46.1 Å². The first-order chi connectivity index (χ1) is 12.4. The molecule has 0 spiro atoms. The van der Waals surface area contributed by atoms with E-state index in [-0.39, 0.29) is 24.4 Å². The lowest BCUT2D eigenvalue weighted by atomic mass is 9.85. The summed E-state index contributed by atoms with van der Waals surface area (Å²) in [4.78, 5) is 39.5. The fraction of sp³-hybridized carbons (Fsp3) is 0.750. The van der Waals surface area contributed by atoms with Crippen molar-refractivity contribution in [1.29, 1.82) is 0 Å². The van der Waals surface area contributed by atoms with Crippen LogP contribution in [0.5, 0.6) is 0 Å². The van der Waals surface area contributed by atoms with Crippen LogP contribution in [0.25, 0.3) is 0 Å². The molecule has 0 bridgehead atoms.